The molecule has 0 saturated heterocycles. The van der Waals surface area contributed by atoms with Crippen LogP contribution >= 0.6 is 27.3 Å². The van der Waals surface area contributed by atoms with Crippen molar-refractivity contribution in [3.8, 4) is 0 Å². The van der Waals surface area contributed by atoms with E-state index in [-0.39, 0.29) is 0 Å². The predicted molar refractivity (Wildman–Crippen MR) is 90.9 cm³/mol. The first-order valence-electron chi connectivity index (χ1n) is 6.23. The zero-order valence-electron chi connectivity index (χ0n) is 11.2. The zero-order valence-corrected chi connectivity index (χ0v) is 13.6. The number of thiazole rings is 1. The van der Waals surface area contributed by atoms with Crippen LogP contribution in [0.1, 0.15) is 11.1 Å². The van der Waals surface area contributed by atoms with E-state index in [1.165, 1.54) is 11.1 Å². The predicted octanol–water partition coefficient (Wildman–Crippen LogP) is 5.00. The smallest absolute Gasteiger partial charge is 0.188 e. The van der Waals surface area contributed by atoms with Gasteiger partial charge in [-0.25, -0.2) is 4.98 Å². The quantitative estimate of drug-likeness (QED) is 0.641. The Balaban J connectivity index is 2.01. The Kier molecular flexibility index (Phi) is 3.40. The number of hydrogen-bond donors (Lipinski definition) is 2. The molecule has 0 aliphatic carbocycles. The zero-order chi connectivity index (χ0) is 14.3. The van der Waals surface area contributed by atoms with Crippen LogP contribution in [0.4, 0.5) is 16.5 Å². The number of anilines is 3. The third-order valence-corrected chi connectivity index (χ3v) is 4.53. The fraction of sp³-hybridized carbons (Fsp3) is 0.133. The monoisotopic (exact) mass is 347 g/mol. The minimum atomic E-state index is 0.767. The lowest BCUT2D eigenvalue weighted by molar-refractivity contribution is 1.33. The van der Waals surface area contributed by atoms with Crippen LogP contribution in [0.2, 0.25) is 0 Å². The molecule has 102 valence electrons. The van der Waals surface area contributed by atoms with Crippen molar-refractivity contribution >= 4 is 54.0 Å². The minimum Gasteiger partial charge on any atom is -0.399 e. The van der Waals surface area contributed by atoms with Crippen LogP contribution in [0.15, 0.2) is 34.8 Å². The first-order valence-corrected chi connectivity index (χ1v) is 7.84. The Morgan fingerprint density at radius 2 is 1.85 bits per heavy atom. The Morgan fingerprint density at radius 1 is 1.15 bits per heavy atom. The van der Waals surface area contributed by atoms with E-state index in [9.17, 15) is 0 Å². The number of nitrogens with zero attached hydrogens (tertiary/aromatic N) is 1. The minimum absolute atomic E-state index is 0.767. The molecule has 0 spiro atoms. The van der Waals surface area contributed by atoms with Gasteiger partial charge in [0, 0.05) is 15.8 Å². The number of nitrogens with two attached hydrogens (primary N) is 1. The molecule has 2 aromatic carbocycles. The van der Waals surface area contributed by atoms with Gasteiger partial charge in [-0.1, -0.05) is 27.3 Å². The van der Waals surface area contributed by atoms with Gasteiger partial charge in [0.2, 0.25) is 0 Å². The van der Waals surface area contributed by atoms with E-state index in [4.69, 9.17) is 5.73 Å². The molecular weight excluding hydrogens is 334 g/mol. The second kappa shape index (κ2) is 5.07. The highest BCUT2D eigenvalue weighted by molar-refractivity contribution is 9.10. The molecule has 0 fully saturated rings. The van der Waals surface area contributed by atoms with E-state index in [2.05, 4.69) is 52.2 Å². The van der Waals surface area contributed by atoms with Crippen LogP contribution in [0, 0.1) is 13.8 Å². The lowest BCUT2D eigenvalue weighted by Crippen LogP contribution is -1.95. The maximum absolute atomic E-state index is 5.80. The van der Waals surface area contributed by atoms with Gasteiger partial charge in [-0.3, -0.25) is 0 Å². The lowest BCUT2D eigenvalue weighted by Gasteiger charge is -2.11. The average Bonchev–Trinajstić information content (AvgIpc) is 2.75. The highest BCUT2D eigenvalue weighted by Gasteiger charge is 2.08. The molecule has 1 heterocycles. The number of benzene rings is 2. The van der Waals surface area contributed by atoms with E-state index in [0.717, 1.165) is 31.2 Å². The van der Waals surface area contributed by atoms with Gasteiger partial charge >= 0.3 is 0 Å². The summed E-state index contributed by atoms with van der Waals surface area (Å²) in [5.41, 5.74) is 11.0. The van der Waals surface area contributed by atoms with Crippen LogP contribution in [0.5, 0.6) is 0 Å². The van der Waals surface area contributed by atoms with Crippen molar-refractivity contribution < 1.29 is 0 Å². The standard InChI is InChI=1S/C15H14BrN3S/c1-8-5-10(16)6-9(2)14(8)19-15-18-12-4-3-11(17)7-13(12)20-15/h3-7H,17H2,1-2H3,(H,18,19). The highest BCUT2D eigenvalue weighted by atomic mass is 79.9. The largest absolute Gasteiger partial charge is 0.399 e. The molecule has 0 bridgehead atoms. The van der Waals surface area contributed by atoms with Crippen molar-refractivity contribution in [1.29, 1.82) is 0 Å². The summed E-state index contributed by atoms with van der Waals surface area (Å²) in [7, 11) is 0. The molecule has 0 unspecified atom stereocenters. The molecule has 5 heteroatoms. The number of rotatable bonds is 2. The second-order valence-electron chi connectivity index (χ2n) is 4.79. The maximum Gasteiger partial charge on any atom is 0.188 e. The lowest BCUT2D eigenvalue weighted by atomic mass is 10.1. The Labute approximate surface area is 130 Å². The fourth-order valence-electron chi connectivity index (χ4n) is 2.21. The highest BCUT2D eigenvalue weighted by Crippen LogP contribution is 2.33. The molecule has 0 aliphatic rings. The first kappa shape index (κ1) is 13.4. The molecule has 0 aliphatic heterocycles. The van der Waals surface area contributed by atoms with Gasteiger partial charge in [0.25, 0.3) is 0 Å². The molecule has 3 nitrogen and oxygen atoms in total. The van der Waals surface area contributed by atoms with Crippen molar-refractivity contribution in [1.82, 2.24) is 4.98 Å². The van der Waals surface area contributed by atoms with E-state index >= 15 is 0 Å². The van der Waals surface area contributed by atoms with Crippen molar-refractivity contribution in [2.75, 3.05) is 11.1 Å². The van der Waals surface area contributed by atoms with Crippen molar-refractivity contribution in [2.45, 2.75) is 13.8 Å². The summed E-state index contributed by atoms with van der Waals surface area (Å²) < 4.78 is 2.19. The molecule has 0 radical (unpaired) electrons. The Morgan fingerprint density at radius 3 is 2.55 bits per heavy atom. The van der Waals surface area contributed by atoms with Crippen molar-refractivity contribution in [3.05, 3.63) is 45.9 Å². The molecular formula is C15H14BrN3S. The molecule has 0 amide bonds. The Hall–Kier alpha value is -1.59. The van der Waals surface area contributed by atoms with E-state index in [0.29, 0.717) is 0 Å². The van der Waals surface area contributed by atoms with Gasteiger partial charge in [-0.05, 0) is 55.3 Å². The van der Waals surface area contributed by atoms with Gasteiger partial charge in [0.15, 0.2) is 5.13 Å². The van der Waals surface area contributed by atoms with Gasteiger partial charge < -0.3 is 11.1 Å². The average molecular weight is 348 g/mol. The summed E-state index contributed by atoms with van der Waals surface area (Å²) in [5, 5.41) is 4.31. The second-order valence-corrected chi connectivity index (χ2v) is 6.73. The topological polar surface area (TPSA) is 50.9 Å². The summed E-state index contributed by atoms with van der Waals surface area (Å²) in [4.78, 5) is 4.59. The van der Waals surface area contributed by atoms with Crippen LogP contribution in [-0.2, 0) is 0 Å². The van der Waals surface area contributed by atoms with Crippen molar-refractivity contribution in [2.24, 2.45) is 0 Å². The molecule has 20 heavy (non-hydrogen) atoms. The SMILES string of the molecule is Cc1cc(Br)cc(C)c1Nc1nc2ccc(N)cc2s1. The maximum atomic E-state index is 5.80. The van der Waals surface area contributed by atoms with Crippen LogP contribution in [0.3, 0.4) is 0 Å². The van der Waals surface area contributed by atoms with Crippen LogP contribution in [0.25, 0.3) is 10.2 Å². The van der Waals surface area contributed by atoms with Gasteiger partial charge in [0.05, 0.1) is 10.2 Å². The first-order chi connectivity index (χ1) is 9.52. The van der Waals surface area contributed by atoms with Crippen LogP contribution in [-0.4, -0.2) is 4.98 Å². The number of nitrogens with one attached hydrogen (secondary N) is 1. The third kappa shape index (κ3) is 2.51. The summed E-state index contributed by atoms with van der Waals surface area (Å²) in [6.45, 7) is 4.18. The molecule has 0 atom stereocenters. The summed E-state index contributed by atoms with van der Waals surface area (Å²) in [5.74, 6) is 0. The fourth-order valence-corrected chi connectivity index (χ4v) is 3.81. The number of nitrogen functional groups attached to an aromatic ring is 1. The normalized spacial score (nSPS) is 10.9. The molecule has 3 aromatic rings. The summed E-state index contributed by atoms with van der Waals surface area (Å²) in [6, 6.07) is 9.98. The molecule has 3 rings (SSSR count). The number of aromatic nitrogens is 1. The van der Waals surface area contributed by atoms with Crippen LogP contribution < -0.4 is 11.1 Å². The van der Waals surface area contributed by atoms with Gasteiger partial charge in [-0.2, -0.15) is 0 Å². The molecule has 3 N–H and O–H groups in total. The number of hydrogen-bond acceptors (Lipinski definition) is 4. The van der Waals surface area contributed by atoms with E-state index in [1.807, 2.05) is 18.2 Å². The molecule has 0 saturated carbocycles. The summed E-state index contributed by atoms with van der Waals surface area (Å²) >= 11 is 5.13. The number of aryl methyl sites for hydroxylation is 2. The van der Waals surface area contributed by atoms with Crippen molar-refractivity contribution in [3.63, 3.8) is 0 Å². The molecule has 1 aromatic heterocycles. The summed E-state index contributed by atoms with van der Waals surface area (Å²) in [6.07, 6.45) is 0. The third-order valence-electron chi connectivity index (χ3n) is 3.14. The van der Waals surface area contributed by atoms with Gasteiger partial charge in [0.1, 0.15) is 0 Å². The Bertz CT molecular complexity index is 772. The van der Waals surface area contributed by atoms with E-state index < -0.39 is 0 Å². The number of fused-ring (bicyclic) bond motifs is 1. The number of halogens is 1. The van der Waals surface area contributed by atoms with E-state index in [1.54, 1.807) is 11.3 Å². The van der Waals surface area contributed by atoms with Gasteiger partial charge in [-0.15, -0.1) is 0 Å².